The molecule has 0 aliphatic rings. The van der Waals surface area contributed by atoms with Crippen LogP contribution in [-0.4, -0.2) is 14.2 Å². The number of thioether (sulfide) groups is 1. The molecule has 2 nitrogen and oxygen atoms in total. The van der Waals surface area contributed by atoms with Gasteiger partial charge in [0.15, 0.2) is 0 Å². The van der Waals surface area contributed by atoms with Crippen molar-refractivity contribution in [2.75, 3.05) is 14.2 Å². The lowest BCUT2D eigenvalue weighted by Gasteiger charge is -2.05. The number of ether oxygens (including phenoxy) is 2. The van der Waals surface area contributed by atoms with Gasteiger partial charge in [-0.15, -0.1) is 12.4 Å². The molecule has 2 rings (SSSR count). The minimum atomic E-state index is 0. The van der Waals surface area contributed by atoms with E-state index in [1.807, 2.05) is 36.0 Å². The van der Waals surface area contributed by atoms with Crippen LogP contribution in [0.1, 0.15) is 11.1 Å². The smallest absolute Gasteiger partial charge is 0.118 e. The maximum absolute atomic E-state index is 5.15. The van der Waals surface area contributed by atoms with Gasteiger partial charge < -0.3 is 9.47 Å². The number of rotatable bonds is 6. The maximum Gasteiger partial charge on any atom is 0.118 e. The van der Waals surface area contributed by atoms with Crippen molar-refractivity contribution in [1.82, 2.24) is 0 Å². The van der Waals surface area contributed by atoms with Gasteiger partial charge in [0.2, 0.25) is 0 Å². The Morgan fingerprint density at radius 3 is 1.35 bits per heavy atom. The summed E-state index contributed by atoms with van der Waals surface area (Å²) in [4.78, 5) is 0. The SMILES string of the molecule is COc1ccc(CSCc2ccc(OC)cc2)cc1.Cl. The van der Waals surface area contributed by atoms with Crippen LogP contribution in [0.2, 0.25) is 0 Å². The molecule has 2 aromatic rings. The molecule has 0 heterocycles. The zero-order chi connectivity index (χ0) is 13.5. The molecule has 0 spiro atoms. The van der Waals surface area contributed by atoms with Crippen LogP contribution in [0.25, 0.3) is 0 Å². The van der Waals surface area contributed by atoms with Crippen LogP contribution in [0, 0.1) is 0 Å². The standard InChI is InChI=1S/C16H18O2S.ClH/c1-17-15-7-3-13(4-8-15)11-19-12-14-5-9-16(18-2)10-6-14;/h3-10H,11-12H2,1-2H3;1H. The van der Waals surface area contributed by atoms with Gasteiger partial charge >= 0.3 is 0 Å². The highest BCUT2D eigenvalue weighted by molar-refractivity contribution is 7.97. The van der Waals surface area contributed by atoms with E-state index in [0.717, 1.165) is 23.0 Å². The number of benzene rings is 2. The van der Waals surface area contributed by atoms with Crippen molar-refractivity contribution in [1.29, 1.82) is 0 Å². The second-order valence-corrected chi connectivity index (χ2v) is 5.17. The van der Waals surface area contributed by atoms with E-state index in [-0.39, 0.29) is 12.4 Å². The summed E-state index contributed by atoms with van der Waals surface area (Å²) in [5.41, 5.74) is 2.64. The molecule has 0 saturated carbocycles. The third-order valence-corrected chi connectivity index (χ3v) is 3.93. The Balaban J connectivity index is 0.00000200. The Bertz CT molecular complexity index is 449. The van der Waals surface area contributed by atoms with Gasteiger partial charge in [0.05, 0.1) is 14.2 Å². The molecule has 0 aromatic heterocycles. The largest absolute Gasteiger partial charge is 0.497 e. The predicted octanol–water partition coefficient (Wildman–Crippen LogP) is 4.56. The summed E-state index contributed by atoms with van der Waals surface area (Å²) >= 11 is 1.90. The van der Waals surface area contributed by atoms with E-state index >= 15 is 0 Å². The van der Waals surface area contributed by atoms with E-state index in [4.69, 9.17) is 9.47 Å². The van der Waals surface area contributed by atoms with E-state index in [0.29, 0.717) is 0 Å². The van der Waals surface area contributed by atoms with Crippen molar-refractivity contribution >= 4 is 24.2 Å². The maximum atomic E-state index is 5.15. The zero-order valence-electron chi connectivity index (χ0n) is 11.7. The van der Waals surface area contributed by atoms with Gasteiger partial charge in [-0.3, -0.25) is 0 Å². The number of hydrogen-bond acceptors (Lipinski definition) is 3. The molecule has 0 aliphatic heterocycles. The summed E-state index contributed by atoms with van der Waals surface area (Å²) < 4.78 is 10.3. The monoisotopic (exact) mass is 310 g/mol. The highest BCUT2D eigenvalue weighted by Crippen LogP contribution is 2.21. The molecule has 0 fully saturated rings. The van der Waals surface area contributed by atoms with Gasteiger partial charge in [-0.05, 0) is 35.4 Å². The lowest BCUT2D eigenvalue weighted by atomic mass is 10.2. The minimum absolute atomic E-state index is 0. The Hall–Kier alpha value is -1.32. The first kappa shape index (κ1) is 16.7. The van der Waals surface area contributed by atoms with E-state index in [2.05, 4.69) is 24.3 Å². The van der Waals surface area contributed by atoms with Crippen LogP contribution >= 0.6 is 24.2 Å². The average Bonchev–Trinajstić information content (AvgIpc) is 2.49. The molecule has 0 saturated heterocycles. The topological polar surface area (TPSA) is 18.5 Å². The quantitative estimate of drug-likeness (QED) is 0.779. The van der Waals surface area contributed by atoms with E-state index in [9.17, 15) is 0 Å². The van der Waals surface area contributed by atoms with Crippen molar-refractivity contribution in [2.24, 2.45) is 0 Å². The molecular formula is C16H19ClO2S. The predicted molar refractivity (Wildman–Crippen MR) is 88.2 cm³/mol. The Morgan fingerprint density at radius 2 is 1.05 bits per heavy atom. The molecule has 0 N–H and O–H groups in total. The van der Waals surface area contributed by atoms with Crippen LogP contribution in [0.3, 0.4) is 0 Å². The molecule has 0 amide bonds. The lowest BCUT2D eigenvalue weighted by Crippen LogP contribution is -1.86. The van der Waals surface area contributed by atoms with E-state index < -0.39 is 0 Å². The molecule has 0 aliphatic carbocycles. The molecule has 0 radical (unpaired) electrons. The van der Waals surface area contributed by atoms with Crippen LogP contribution < -0.4 is 9.47 Å². The van der Waals surface area contributed by atoms with E-state index in [1.165, 1.54) is 11.1 Å². The van der Waals surface area contributed by atoms with Crippen molar-refractivity contribution in [3.63, 3.8) is 0 Å². The molecule has 2 aromatic carbocycles. The molecule has 0 atom stereocenters. The summed E-state index contributed by atoms with van der Waals surface area (Å²) in [6.45, 7) is 0. The Morgan fingerprint density at radius 1 is 0.700 bits per heavy atom. The summed E-state index contributed by atoms with van der Waals surface area (Å²) in [5.74, 6) is 3.83. The average molecular weight is 311 g/mol. The molecular weight excluding hydrogens is 292 g/mol. The van der Waals surface area contributed by atoms with Crippen LogP contribution in [0.5, 0.6) is 11.5 Å². The summed E-state index contributed by atoms with van der Waals surface area (Å²) in [6.07, 6.45) is 0. The van der Waals surface area contributed by atoms with Gasteiger partial charge in [0.1, 0.15) is 11.5 Å². The van der Waals surface area contributed by atoms with Crippen LogP contribution in [0.4, 0.5) is 0 Å². The molecule has 0 unspecified atom stereocenters. The molecule has 0 bridgehead atoms. The van der Waals surface area contributed by atoms with Gasteiger partial charge in [-0.1, -0.05) is 24.3 Å². The zero-order valence-corrected chi connectivity index (χ0v) is 13.3. The van der Waals surface area contributed by atoms with Gasteiger partial charge in [-0.25, -0.2) is 0 Å². The molecule has 4 heteroatoms. The lowest BCUT2D eigenvalue weighted by molar-refractivity contribution is 0.414. The van der Waals surface area contributed by atoms with Crippen molar-refractivity contribution in [3.8, 4) is 11.5 Å². The summed E-state index contributed by atoms with van der Waals surface area (Å²) in [6, 6.07) is 16.5. The number of halogens is 1. The van der Waals surface area contributed by atoms with Crippen molar-refractivity contribution < 1.29 is 9.47 Å². The highest BCUT2D eigenvalue weighted by atomic mass is 35.5. The van der Waals surface area contributed by atoms with Gasteiger partial charge in [0, 0.05) is 11.5 Å². The first-order chi connectivity index (χ1) is 9.31. The normalized spacial score (nSPS) is 9.70. The fraction of sp³-hybridized carbons (Fsp3) is 0.250. The van der Waals surface area contributed by atoms with Gasteiger partial charge in [-0.2, -0.15) is 11.8 Å². The van der Waals surface area contributed by atoms with E-state index in [1.54, 1.807) is 14.2 Å². The number of methoxy groups -OCH3 is 2. The fourth-order valence-corrected chi connectivity index (χ4v) is 2.69. The summed E-state index contributed by atoms with van der Waals surface area (Å²) in [7, 11) is 3.38. The Kier molecular flexibility index (Phi) is 7.34. The second kappa shape index (κ2) is 8.77. The summed E-state index contributed by atoms with van der Waals surface area (Å²) in [5, 5.41) is 0. The van der Waals surface area contributed by atoms with Crippen LogP contribution in [0.15, 0.2) is 48.5 Å². The van der Waals surface area contributed by atoms with Gasteiger partial charge in [0.25, 0.3) is 0 Å². The number of hydrogen-bond donors (Lipinski definition) is 0. The van der Waals surface area contributed by atoms with Crippen molar-refractivity contribution in [2.45, 2.75) is 11.5 Å². The van der Waals surface area contributed by atoms with Crippen molar-refractivity contribution in [3.05, 3.63) is 59.7 Å². The second-order valence-electron chi connectivity index (χ2n) is 4.19. The minimum Gasteiger partial charge on any atom is -0.497 e. The highest BCUT2D eigenvalue weighted by Gasteiger charge is 1.98. The first-order valence-corrected chi connectivity index (χ1v) is 7.31. The first-order valence-electron chi connectivity index (χ1n) is 6.15. The fourth-order valence-electron chi connectivity index (χ4n) is 1.73. The molecule has 20 heavy (non-hydrogen) atoms. The van der Waals surface area contributed by atoms with Crippen LogP contribution in [-0.2, 0) is 11.5 Å². The third-order valence-electron chi connectivity index (χ3n) is 2.86. The third kappa shape index (κ3) is 4.99. The Labute approximate surface area is 130 Å². The molecule has 108 valence electrons.